The van der Waals surface area contributed by atoms with Crippen LogP contribution < -0.4 is 0 Å². The Kier molecular flexibility index (Phi) is 4.42. The number of rotatable bonds is 3. The summed E-state index contributed by atoms with van der Waals surface area (Å²) in [4.78, 5) is 12.2. The van der Waals surface area contributed by atoms with Gasteiger partial charge in [-0.2, -0.15) is 0 Å². The molecule has 92 valence electrons. The summed E-state index contributed by atoms with van der Waals surface area (Å²) in [6.07, 6.45) is 5.72. The number of benzene rings is 1. The average Bonchev–Trinajstić information content (AvgIpc) is 2.76. The molecule has 1 aliphatic rings. The van der Waals surface area contributed by atoms with E-state index in [0.717, 1.165) is 20.1 Å². The number of hydrogen-bond acceptors (Lipinski definition) is 1. The Bertz CT molecular complexity index is 434. The molecule has 1 nitrogen and oxygen atoms in total. The highest BCUT2D eigenvalue weighted by Gasteiger charge is 2.20. The summed E-state index contributed by atoms with van der Waals surface area (Å²) in [5.74, 6) is 0.874. The largest absolute Gasteiger partial charge is 0.294 e. The number of hydrogen-bond donors (Lipinski definition) is 0. The van der Waals surface area contributed by atoms with Crippen LogP contribution in [0.3, 0.4) is 0 Å². The van der Waals surface area contributed by atoms with Crippen LogP contribution in [0.4, 0.5) is 0 Å². The van der Waals surface area contributed by atoms with Crippen LogP contribution in [0.25, 0.3) is 0 Å². The van der Waals surface area contributed by atoms with Gasteiger partial charge < -0.3 is 0 Å². The fourth-order valence-electron chi connectivity index (χ4n) is 2.45. The van der Waals surface area contributed by atoms with Crippen LogP contribution in [0.5, 0.6) is 0 Å². The van der Waals surface area contributed by atoms with E-state index in [-0.39, 0.29) is 5.78 Å². The average molecular weight is 360 g/mol. The first-order valence-corrected chi connectivity index (χ1v) is 7.65. The zero-order chi connectivity index (χ0) is 12.4. The molecule has 0 aromatic heterocycles. The summed E-state index contributed by atoms with van der Waals surface area (Å²) in [7, 11) is 0. The molecule has 0 aliphatic heterocycles. The van der Waals surface area contributed by atoms with Crippen LogP contribution in [0, 0.1) is 12.8 Å². The van der Waals surface area contributed by atoms with E-state index in [1.165, 1.54) is 25.7 Å². The van der Waals surface area contributed by atoms with E-state index in [1.807, 2.05) is 19.1 Å². The molecular formula is C14H16Br2O. The molecule has 1 fully saturated rings. The number of carbonyl (C=O) groups is 1. The van der Waals surface area contributed by atoms with Crippen LogP contribution >= 0.6 is 31.9 Å². The molecule has 17 heavy (non-hydrogen) atoms. The minimum atomic E-state index is 0.268. The lowest BCUT2D eigenvalue weighted by molar-refractivity contribution is 0.0961. The van der Waals surface area contributed by atoms with E-state index < -0.39 is 0 Å². The quantitative estimate of drug-likeness (QED) is 0.670. The normalized spacial score (nSPS) is 16.4. The Hall–Kier alpha value is -0.150. The summed E-state index contributed by atoms with van der Waals surface area (Å²) in [5, 5.41) is 0. The highest BCUT2D eigenvalue weighted by Crippen LogP contribution is 2.31. The second-order valence-corrected chi connectivity index (χ2v) is 6.57. The highest BCUT2D eigenvalue weighted by molar-refractivity contribution is 9.11. The van der Waals surface area contributed by atoms with E-state index in [9.17, 15) is 4.79 Å². The fraction of sp³-hybridized carbons (Fsp3) is 0.500. The Morgan fingerprint density at radius 2 is 1.88 bits per heavy atom. The molecule has 0 saturated heterocycles. The molecule has 1 saturated carbocycles. The number of ketones is 1. The van der Waals surface area contributed by atoms with Crippen molar-refractivity contribution in [1.82, 2.24) is 0 Å². The minimum Gasteiger partial charge on any atom is -0.294 e. The molecule has 0 radical (unpaired) electrons. The van der Waals surface area contributed by atoms with Gasteiger partial charge in [-0.15, -0.1) is 0 Å². The second kappa shape index (κ2) is 5.66. The van der Waals surface area contributed by atoms with Crippen molar-refractivity contribution < 1.29 is 4.79 Å². The maximum absolute atomic E-state index is 12.2. The third-order valence-corrected chi connectivity index (χ3v) is 5.01. The molecule has 1 aliphatic carbocycles. The van der Waals surface area contributed by atoms with Gasteiger partial charge in [-0.25, -0.2) is 0 Å². The molecular weight excluding hydrogens is 344 g/mol. The van der Waals surface area contributed by atoms with E-state index in [2.05, 4.69) is 31.9 Å². The van der Waals surface area contributed by atoms with Crippen LogP contribution in [0.1, 0.15) is 48.0 Å². The van der Waals surface area contributed by atoms with Crippen molar-refractivity contribution >= 4 is 37.6 Å². The Morgan fingerprint density at radius 1 is 1.24 bits per heavy atom. The van der Waals surface area contributed by atoms with Crippen LogP contribution in [0.15, 0.2) is 21.1 Å². The van der Waals surface area contributed by atoms with Crippen molar-refractivity contribution in [2.45, 2.75) is 39.0 Å². The van der Waals surface area contributed by atoms with Gasteiger partial charge in [0.25, 0.3) is 0 Å². The molecule has 1 aromatic carbocycles. The van der Waals surface area contributed by atoms with Gasteiger partial charge in [-0.05, 0) is 30.5 Å². The highest BCUT2D eigenvalue weighted by atomic mass is 79.9. The number of carbonyl (C=O) groups excluding carboxylic acids is 1. The summed E-state index contributed by atoms with van der Waals surface area (Å²) in [5.41, 5.74) is 1.96. The lowest BCUT2D eigenvalue weighted by atomic mass is 9.96. The van der Waals surface area contributed by atoms with Crippen molar-refractivity contribution in [2.75, 3.05) is 0 Å². The third kappa shape index (κ3) is 3.19. The number of Topliss-reactive ketones (excluding diaryl/α,β-unsaturated/α-hetero) is 1. The lowest BCUT2D eigenvalue weighted by Gasteiger charge is -2.10. The van der Waals surface area contributed by atoms with Gasteiger partial charge in [0.15, 0.2) is 5.78 Å². The van der Waals surface area contributed by atoms with Gasteiger partial charge >= 0.3 is 0 Å². The minimum absolute atomic E-state index is 0.268. The maximum atomic E-state index is 12.2. The van der Waals surface area contributed by atoms with Gasteiger partial charge in [-0.1, -0.05) is 57.5 Å². The molecule has 1 aromatic rings. The van der Waals surface area contributed by atoms with E-state index in [1.54, 1.807) is 0 Å². The summed E-state index contributed by atoms with van der Waals surface area (Å²) >= 11 is 6.98. The predicted molar refractivity (Wildman–Crippen MR) is 77.5 cm³/mol. The molecule has 0 bridgehead atoms. The SMILES string of the molecule is Cc1cc(Br)c(C(=O)CC2CCCC2)cc1Br. The summed E-state index contributed by atoms with van der Waals surface area (Å²) < 4.78 is 1.93. The molecule has 0 unspecified atom stereocenters. The predicted octanol–water partition coefficient (Wildman–Crippen LogP) is 5.28. The summed E-state index contributed by atoms with van der Waals surface area (Å²) in [6.45, 7) is 2.03. The standard InChI is InChI=1S/C14H16Br2O/c1-9-6-13(16)11(8-12(9)15)14(17)7-10-4-2-3-5-10/h6,8,10H,2-5,7H2,1H3. The summed E-state index contributed by atoms with van der Waals surface area (Å²) in [6, 6.07) is 3.95. The zero-order valence-electron chi connectivity index (χ0n) is 9.93. The van der Waals surface area contributed by atoms with Gasteiger partial charge in [0.05, 0.1) is 0 Å². The van der Waals surface area contributed by atoms with Crippen molar-refractivity contribution in [2.24, 2.45) is 5.92 Å². The Labute approximate surface area is 119 Å². The first kappa shape index (κ1) is 13.3. The maximum Gasteiger partial charge on any atom is 0.164 e. The molecule has 3 heteroatoms. The van der Waals surface area contributed by atoms with Crippen LogP contribution in [-0.2, 0) is 0 Å². The fourth-order valence-corrected chi connectivity index (χ4v) is 3.47. The monoisotopic (exact) mass is 358 g/mol. The van der Waals surface area contributed by atoms with Crippen LogP contribution in [-0.4, -0.2) is 5.78 Å². The molecule has 0 amide bonds. The lowest BCUT2D eigenvalue weighted by Crippen LogP contribution is -2.07. The van der Waals surface area contributed by atoms with Crippen molar-refractivity contribution in [1.29, 1.82) is 0 Å². The first-order valence-electron chi connectivity index (χ1n) is 6.07. The second-order valence-electron chi connectivity index (χ2n) is 4.86. The number of halogens is 2. The molecule has 0 heterocycles. The number of aryl methyl sites for hydroxylation is 1. The van der Waals surface area contributed by atoms with E-state index in [0.29, 0.717) is 12.3 Å². The van der Waals surface area contributed by atoms with Crippen LogP contribution in [0.2, 0.25) is 0 Å². The van der Waals surface area contributed by atoms with Gasteiger partial charge in [0.1, 0.15) is 0 Å². The van der Waals surface area contributed by atoms with Gasteiger partial charge in [0, 0.05) is 20.9 Å². The topological polar surface area (TPSA) is 17.1 Å². The third-order valence-electron chi connectivity index (χ3n) is 3.50. The Morgan fingerprint density at radius 3 is 2.53 bits per heavy atom. The Balaban J connectivity index is 2.15. The van der Waals surface area contributed by atoms with Gasteiger partial charge in [-0.3, -0.25) is 4.79 Å². The van der Waals surface area contributed by atoms with Crippen molar-refractivity contribution in [3.63, 3.8) is 0 Å². The smallest absolute Gasteiger partial charge is 0.164 e. The molecule has 0 spiro atoms. The van der Waals surface area contributed by atoms with Crippen molar-refractivity contribution in [3.8, 4) is 0 Å². The molecule has 2 rings (SSSR count). The first-order chi connectivity index (χ1) is 8.08. The zero-order valence-corrected chi connectivity index (χ0v) is 13.1. The van der Waals surface area contributed by atoms with Crippen molar-refractivity contribution in [3.05, 3.63) is 32.2 Å². The van der Waals surface area contributed by atoms with E-state index >= 15 is 0 Å². The molecule has 0 N–H and O–H groups in total. The van der Waals surface area contributed by atoms with Gasteiger partial charge in [0.2, 0.25) is 0 Å². The molecule has 0 atom stereocenters. The van der Waals surface area contributed by atoms with E-state index in [4.69, 9.17) is 0 Å².